The first-order valence-electron chi connectivity index (χ1n) is 7.25. The maximum atomic E-state index is 9.55. The zero-order valence-corrected chi connectivity index (χ0v) is 12.8. The van der Waals surface area contributed by atoms with E-state index in [0.29, 0.717) is 12.2 Å². The molecule has 1 atom stereocenters. The molecular weight excluding hydrogens is 300 g/mol. The van der Waals surface area contributed by atoms with Crippen LogP contribution in [0.3, 0.4) is 0 Å². The second-order valence-electron chi connectivity index (χ2n) is 5.06. The van der Waals surface area contributed by atoms with Gasteiger partial charge >= 0.3 is 11.9 Å². The lowest BCUT2D eigenvalue weighted by Crippen LogP contribution is -2.51. The summed E-state index contributed by atoms with van der Waals surface area (Å²) in [6.07, 6.45) is 1.12. The van der Waals surface area contributed by atoms with Crippen LogP contribution in [-0.4, -0.2) is 64.4 Å². The van der Waals surface area contributed by atoms with Gasteiger partial charge in [-0.1, -0.05) is 30.3 Å². The minimum atomic E-state index is -1.26. The Morgan fingerprint density at radius 3 is 2.30 bits per heavy atom. The van der Waals surface area contributed by atoms with Gasteiger partial charge in [-0.05, 0) is 5.56 Å². The van der Waals surface area contributed by atoms with Crippen LogP contribution < -0.4 is 5.32 Å². The Bertz CT molecular complexity index is 502. The number of piperazine rings is 1. The van der Waals surface area contributed by atoms with Crippen molar-refractivity contribution in [1.82, 2.24) is 10.2 Å². The molecule has 0 bridgehead atoms. The summed E-state index contributed by atoms with van der Waals surface area (Å²) >= 11 is 0. The van der Waals surface area contributed by atoms with E-state index in [9.17, 15) is 9.59 Å². The Hall–Kier alpha value is -2.22. The van der Waals surface area contributed by atoms with Gasteiger partial charge in [0.25, 0.3) is 0 Å². The molecule has 23 heavy (non-hydrogen) atoms. The molecule has 1 aromatic carbocycles. The summed E-state index contributed by atoms with van der Waals surface area (Å²) in [5, 5.41) is 28.0. The number of carboxylic acids is 2. The fourth-order valence-electron chi connectivity index (χ4n) is 2.14. The van der Waals surface area contributed by atoms with Gasteiger partial charge in [0.2, 0.25) is 0 Å². The third-order valence-corrected chi connectivity index (χ3v) is 3.18. The van der Waals surface area contributed by atoms with Crippen LogP contribution in [0.5, 0.6) is 0 Å². The van der Waals surface area contributed by atoms with Crippen molar-refractivity contribution in [3.63, 3.8) is 0 Å². The molecule has 0 amide bonds. The van der Waals surface area contributed by atoms with Crippen LogP contribution in [0.15, 0.2) is 42.5 Å². The van der Waals surface area contributed by atoms with Crippen molar-refractivity contribution < 1.29 is 24.9 Å². The number of aliphatic carboxylic acids is 2. The van der Waals surface area contributed by atoms with Crippen LogP contribution in [0.2, 0.25) is 0 Å². The summed E-state index contributed by atoms with van der Waals surface area (Å²) in [5.74, 6) is -2.51. The van der Waals surface area contributed by atoms with E-state index >= 15 is 0 Å². The Kier molecular flexibility index (Phi) is 8.59. The Labute approximate surface area is 134 Å². The highest BCUT2D eigenvalue weighted by Crippen LogP contribution is 2.06. The molecule has 7 nitrogen and oxygen atoms in total. The largest absolute Gasteiger partial charge is 0.478 e. The van der Waals surface area contributed by atoms with Crippen molar-refractivity contribution in [2.75, 3.05) is 26.2 Å². The number of aliphatic hydroxyl groups is 1. The number of nitrogens with zero attached hydrogens (tertiary/aromatic N) is 1. The van der Waals surface area contributed by atoms with E-state index < -0.39 is 11.9 Å². The molecule has 1 aliphatic heterocycles. The number of carboxylic acid groups (broad SMARTS) is 2. The van der Waals surface area contributed by atoms with Gasteiger partial charge in [-0.15, -0.1) is 0 Å². The number of nitrogens with one attached hydrogen (secondary N) is 1. The van der Waals surface area contributed by atoms with Crippen molar-refractivity contribution >= 4 is 11.9 Å². The lowest BCUT2D eigenvalue weighted by atomic mass is 10.1. The van der Waals surface area contributed by atoms with Gasteiger partial charge in [-0.3, -0.25) is 4.90 Å². The molecule has 1 aliphatic rings. The zero-order chi connectivity index (χ0) is 17.1. The van der Waals surface area contributed by atoms with Gasteiger partial charge in [-0.2, -0.15) is 0 Å². The Morgan fingerprint density at radius 2 is 1.78 bits per heavy atom. The summed E-state index contributed by atoms with van der Waals surface area (Å²) < 4.78 is 0. The lowest BCUT2D eigenvalue weighted by Gasteiger charge is -2.32. The van der Waals surface area contributed by atoms with Crippen LogP contribution in [0.4, 0.5) is 0 Å². The predicted octanol–water partition coefficient (Wildman–Crippen LogP) is 0.164. The van der Waals surface area contributed by atoms with Gasteiger partial charge < -0.3 is 20.6 Å². The topological polar surface area (TPSA) is 110 Å². The van der Waals surface area contributed by atoms with Gasteiger partial charge in [0, 0.05) is 44.4 Å². The van der Waals surface area contributed by atoms with E-state index in [0.717, 1.165) is 26.2 Å². The average Bonchev–Trinajstić information content (AvgIpc) is 2.55. The second kappa shape index (κ2) is 10.5. The van der Waals surface area contributed by atoms with Gasteiger partial charge in [-0.25, -0.2) is 9.59 Å². The van der Waals surface area contributed by atoms with Crippen LogP contribution in [0.25, 0.3) is 0 Å². The summed E-state index contributed by atoms with van der Waals surface area (Å²) in [6.45, 7) is 4.18. The molecule has 0 saturated carbocycles. The quantitative estimate of drug-likeness (QED) is 0.572. The first kappa shape index (κ1) is 18.8. The van der Waals surface area contributed by atoms with Crippen molar-refractivity contribution in [2.24, 2.45) is 0 Å². The molecule has 126 valence electrons. The SMILES string of the molecule is O=C(O)C=CC(=O)O.OCC1CN(Cc2ccccc2)CCN1. The highest BCUT2D eigenvalue weighted by molar-refractivity contribution is 5.89. The van der Waals surface area contributed by atoms with Crippen LogP contribution >= 0.6 is 0 Å². The lowest BCUT2D eigenvalue weighted by molar-refractivity contribution is -0.134. The molecule has 0 aliphatic carbocycles. The van der Waals surface area contributed by atoms with E-state index in [4.69, 9.17) is 15.3 Å². The fraction of sp³-hybridized carbons (Fsp3) is 0.375. The maximum absolute atomic E-state index is 9.55. The molecule has 0 spiro atoms. The summed E-state index contributed by atoms with van der Waals surface area (Å²) in [7, 11) is 0. The molecule has 0 aromatic heterocycles. The van der Waals surface area contributed by atoms with Gasteiger partial charge in [0.05, 0.1) is 6.61 Å². The van der Waals surface area contributed by atoms with Crippen LogP contribution in [0.1, 0.15) is 5.56 Å². The fourth-order valence-corrected chi connectivity index (χ4v) is 2.14. The number of hydrogen-bond donors (Lipinski definition) is 4. The van der Waals surface area contributed by atoms with Crippen molar-refractivity contribution in [3.05, 3.63) is 48.0 Å². The first-order chi connectivity index (χ1) is 11.0. The number of rotatable bonds is 5. The van der Waals surface area contributed by atoms with E-state index in [1.165, 1.54) is 5.56 Å². The molecule has 0 radical (unpaired) electrons. The molecule has 1 unspecified atom stereocenters. The number of aliphatic hydroxyl groups excluding tert-OH is 1. The standard InChI is InChI=1S/C12H18N2O.C4H4O4/c15-10-12-9-14(7-6-13-12)8-11-4-2-1-3-5-11;5-3(6)1-2-4(7)8/h1-5,12-13,15H,6-10H2;1-2H,(H,5,6)(H,7,8). The first-order valence-corrected chi connectivity index (χ1v) is 7.25. The predicted molar refractivity (Wildman–Crippen MR) is 85.0 cm³/mol. The van der Waals surface area contributed by atoms with Crippen LogP contribution in [0, 0.1) is 0 Å². The van der Waals surface area contributed by atoms with Crippen LogP contribution in [-0.2, 0) is 16.1 Å². The summed E-state index contributed by atoms with van der Waals surface area (Å²) in [6, 6.07) is 10.7. The van der Waals surface area contributed by atoms with Gasteiger partial charge in [0.1, 0.15) is 0 Å². The summed E-state index contributed by atoms with van der Waals surface area (Å²) in [4.78, 5) is 21.5. The molecule has 2 rings (SSSR count). The molecule has 1 saturated heterocycles. The Morgan fingerprint density at radius 1 is 1.17 bits per heavy atom. The van der Waals surface area contributed by atoms with E-state index in [1.54, 1.807) is 0 Å². The molecule has 4 N–H and O–H groups in total. The minimum Gasteiger partial charge on any atom is -0.478 e. The van der Waals surface area contributed by atoms with Gasteiger partial charge in [0.15, 0.2) is 0 Å². The molecular formula is C16H22N2O5. The molecule has 7 heteroatoms. The molecule has 1 heterocycles. The Balaban J connectivity index is 0.000000284. The van der Waals surface area contributed by atoms with E-state index in [1.807, 2.05) is 6.07 Å². The third kappa shape index (κ3) is 8.72. The monoisotopic (exact) mass is 322 g/mol. The number of benzene rings is 1. The smallest absolute Gasteiger partial charge is 0.328 e. The van der Waals surface area contributed by atoms with E-state index in [2.05, 4.69) is 34.5 Å². The zero-order valence-electron chi connectivity index (χ0n) is 12.8. The maximum Gasteiger partial charge on any atom is 0.328 e. The molecule has 1 aromatic rings. The average molecular weight is 322 g/mol. The van der Waals surface area contributed by atoms with Crippen molar-refractivity contribution in [3.8, 4) is 0 Å². The second-order valence-corrected chi connectivity index (χ2v) is 5.06. The minimum absolute atomic E-state index is 0.227. The summed E-state index contributed by atoms with van der Waals surface area (Å²) in [5.41, 5.74) is 1.34. The normalized spacial score (nSPS) is 18.2. The number of carbonyl (C=O) groups is 2. The number of hydrogen-bond acceptors (Lipinski definition) is 5. The third-order valence-electron chi connectivity index (χ3n) is 3.18. The highest BCUT2D eigenvalue weighted by atomic mass is 16.4. The highest BCUT2D eigenvalue weighted by Gasteiger charge is 2.17. The molecule has 1 fully saturated rings. The van der Waals surface area contributed by atoms with Crippen molar-refractivity contribution in [1.29, 1.82) is 0 Å². The van der Waals surface area contributed by atoms with E-state index in [-0.39, 0.29) is 12.6 Å². The van der Waals surface area contributed by atoms with Crippen molar-refractivity contribution in [2.45, 2.75) is 12.6 Å².